The summed E-state index contributed by atoms with van der Waals surface area (Å²) in [5.74, 6) is 2.38. The lowest BCUT2D eigenvalue weighted by Crippen LogP contribution is -1.96. The molecule has 25 heavy (non-hydrogen) atoms. The number of nitrogens with zero attached hydrogens (tertiary/aromatic N) is 4. The number of aromatic nitrogens is 4. The SMILES string of the molecule is COc1cc([C@@H]2C[C@H]2c2cnc(-c3ncccn3)nc2)cc(Cl)c1Cl. The van der Waals surface area contributed by atoms with Gasteiger partial charge in [0.25, 0.3) is 0 Å². The van der Waals surface area contributed by atoms with Gasteiger partial charge in [-0.2, -0.15) is 0 Å². The van der Waals surface area contributed by atoms with Crippen molar-refractivity contribution in [3.63, 3.8) is 0 Å². The van der Waals surface area contributed by atoms with Crippen molar-refractivity contribution in [1.82, 2.24) is 19.9 Å². The zero-order valence-corrected chi connectivity index (χ0v) is 14.9. The van der Waals surface area contributed by atoms with Crippen molar-refractivity contribution < 1.29 is 4.74 Å². The molecule has 0 aliphatic heterocycles. The van der Waals surface area contributed by atoms with Gasteiger partial charge in [-0.25, -0.2) is 19.9 Å². The second-order valence-corrected chi connectivity index (χ2v) is 6.67. The average molecular weight is 373 g/mol. The molecule has 0 radical (unpaired) electrons. The highest BCUT2D eigenvalue weighted by Gasteiger charge is 2.40. The van der Waals surface area contributed by atoms with Gasteiger partial charge >= 0.3 is 0 Å². The van der Waals surface area contributed by atoms with Crippen LogP contribution in [-0.2, 0) is 0 Å². The Kier molecular flexibility index (Phi) is 4.27. The lowest BCUT2D eigenvalue weighted by atomic mass is 10.1. The molecule has 0 saturated heterocycles. The van der Waals surface area contributed by atoms with Crippen LogP contribution in [0.15, 0.2) is 43.0 Å². The zero-order valence-electron chi connectivity index (χ0n) is 13.4. The van der Waals surface area contributed by atoms with Gasteiger partial charge in [0.15, 0.2) is 11.6 Å². The van der Waals surface area contributed by atoms with Crippen molar-refractivity contribution in [2.24, 2.45) is 0 Å². The Morgan fingerprint density at radius 1 is 0.920 bits per heavy atom. The fraction of sp³-hybridized carbons (Fsp3) is 0.222. The van der Waals surface area contributed by atoms with Gasteiger partial charge in [0, 0.05) is 24.8 Å². The van der Waals surface area contributed by atoms with E-state index in [4.69, 9.17) is 27.9 Å². The van der Waals surface area contributed by atoms with Crippen LogP contribution in [0.25, 0.3) is 11.6 Å². The van der Waals surface area contributed by atoms with Crippen LogP contribution in [0, 0.1) is 0 Å². The van der Waals surface area contributed by atoms with Gasteiger partial charge in [0.05, 0.1) is 12.1 Å². The van der Waals surface area contributed by atoms with Crippen LogP contribution in [0.5, 0.6) is 5.75 Å². The summed E-state index contributed by atoms with van der Waals surface area (Å²) in [5, 5.41) is 0.954. The lowest BCUT2D eigenvalue weighted by molar-refractivity contribution is 0.414. The summed E-state index contributed by atoms with van der Waals surface area (Å²) in [6.07, 6.45) is 8.06. The van der Waals surface area contributed by atoms with Crippen LogP contribution in [0.2, 0.25) is 10.0 Å². The maximum atomic E-state index is 6.20. The van der Waals surface area contributed by atoms with Crippen molar-refractivity contribution in [3.05, 3.63) is 64.2 Å². The summed E-state index contributed by atoms with van der Waals surface area (Å²) >= 11 is 12.3. The molecule has 2 heterocycles. The minimum atomic E-state index is 0.367. The monoisotopic (exact) mass is 372 g/mol. The van der Waals surface area contributed by atoms with Gasteiger partial charge in [-0.15, -0.1) is 0 Å². The Balaban J connectivity index is 1.55. The van der Waals surface area contributed by atoms with Gasteiger partial charge in [-0.3, -0.25) is 0 Å². The van der Waals surface area contributed by atoms with E-state index in [0.717, 1.165) is 17.5 Å². The molecule has 1 fully saturated rings. The van der Waals surface area contributed by atoms with E-state index in [-0.39, 0.29) is 0 Å². The number of rotatable bonds is 4. The molecule has 0 N–H and O–H groups in total. The molecule has 3 aromatic rings. The number of benzene rings is 1. The van der Waals surface area contributed by atoms with Gasteiger partial charge in [0.2, 0.25) is 0 Å². The quantitative estimate of drug-likeness (QED) is 0.673. The first-order valence-electron chi connectivity index (χ1n) is 7.79. The smallest absolute Gasteiger partial charge is 0.197 e. The molecule has 1 aliphatic rings. The van der Waals surface area contributed by atoms with Crippen molar-refractivity contribution in [3.8, 4) is 17.4 Å². The second kappa shape index (κ2) is 6.58. The molecule has 0 amide bonds. The van der Waals surface area contributed by atoms with Crippen LogP contribution in [0.1, 0.15) is 29.4 Å². The minimum absolute atomic E-state index is 0.367. The highest BCUT2D eigenvalue weighted by atomic mass is 35.5. The van der Waals surface area contributed by atoms with Crippen LogP contribution in [0.3, 0.4) is 0 Å². The third-order valence-electron chi connectivity index (χ3n) is 4.32. The normalized spacial score (nSPS) is 18.8. The molecule has 1 aliphatic carbocycles. The fourth-order valence-corrected chi connectivity index (χ4v) is 3.34. The number of hydrogen-bond acceptors (Lipinski definition) is 5. The van der Waals surface area contributed by atoms with E-state index in [1.807, 2.05) is 24.5 Å². The number of halogens is 2. The first-order chi connectivity index (χ1) is 12.2. The zero-order chi connectivity index (χ0) is 17.4. The van der Waals surface area contributed by atoms with E-state index < -0.39 is 0 Å². The molecule has 7 heteroatoms. The molecule has 0 bridgehead atoms. The van der Waals surface area contributed by atoms with Crippen LogP contribution in [-0.4, -0.2) is 27.0 Å². The topological polar surface area (TPSA) is 60.8 Å². The third-order valence-corrected chi connectivity index (χ3v) is 5.11. The maximum Gasteiger partial charge on any atom is 0.197 e. The second-order valence-electron chi connectivity index (χ2n) is 5.88. The van der Waals surface area contributed by atoms with Crippen LogP contribution >= 0.6 is 23.2 Å². The van der Waals surface area contributed by atoms with Gasteiger partial charge in [-0.1, -0.05) is 23.2 Å². The fourth-order valence-electron chi connectivity index (χ4n) is 2.94. The summed E-state index contributed by atoms with van der Waals surface area (Å²) in [6.45, 7) is 0. The molecule has 1 saturated carbocycles. The van der Waals surface area contributed by atoms with E-state index in [1.165, 1.54) is 0 Å². The molecule has 126 valence electrons. The summed E-state index contributed by atoms with van der Waals surface area (Å²) in [4.78, 5) is 17.1. The molecule has 0 spiro atoms. The van der Waals surface area contributed by atoms with Crippen molar-refractivity contribution in [1.29, 1.82) is 0 Å². The number of hydrogen-bond donors (Lipinski definition) is 0. The molecule has 5 nitrogen and oxygen atoms in total. The van der Waals surface area contributed by atoms with Crippen LogP contribution < -0.4 is 4.74 Å². The Labute approximate surface area is 155 Å². The average Bonchev–Trinajstić information content (AvgIpc) is 3.45. The molecule has 4 rings (SSSR count). The first kappa shape index (κ1) is 16.2. The van der Waals surface area contributed by atoms with Gasteiger partial charge < -0.3 is 4.74 Å². The highest BCUT2D eigenvalue weighted by Crippen LogP contribution is 2.55. The molecular formula is C18H14Cl2N4O. The van der Waals surface area contributed by atoms with Crippen molar-refractivity contribution in [2.45, 2.75) is 18.3 Å². The van der Waals surface area contributed by atoms with E-state index in [1.54, 1.807) is 25.6 Å². The standard InChI is InChI=1S/C18H14Cl2N4O/c1-25-15-6-10(5-14(19)16(15)20)12-7-13(12)11-8-23-18(24-9-11)17-21-3-2-4-22-17/h2-6,8-9,12-13H,7H2,1H3/t12-,13-/m0/s1. The van der Waals surface area contributed by atoms with E-state index >= 15 is 0 Å². The summed E-state index contributed by atoms with van der Waals surface area (Å²) in [6, 6.07) is 5.62. The Bertz CT molecular complexity index is 903. The summed E-state index contributed by atoms with van der Waals surface area (Å²) in [5.41, 5.74) is 2.21. The predicted molar refractivity (Wildman–Crippen MR) is 96.2 cm³/mol. The van der Waals surface area contributed by atoms with Crippen molar-refractivity contribution in [2.75, 3.05) is 7.11 Å². The molecule has 0 unspecified atom stereocenters. The first-order valence-corrected chi connectivity index (χ1v) is 8.55. The molecular weight excluding hydrogens is 359 g/mol. The molecule has 2 atom stereocenters. The third kappa shape index (κ3) is 3.17. The lowest BCUT2D eigenvalue weighted by Gasteiger charge is -2.08. The van der Waals surface area contributed by atoms with E-state index in [2.05, 4.69) is 19.9 Å². The van der Waals surface area contributed by atoms with Gasteiger partial charge in [-0.05, 0) is 47.6 Å². The largest absolute Gasteiger partial charge is 0.495 e. The summed E-state index contributed by atoms with van der Waals surface area (Å²) < 4.78 is 5.30. The van der Waals surface area contributed by atoms with Gasteiger partial charge in [0.1, 0.15) is 10.8 Å². The number of methoxy groups -OCH3 is 1. The Morgan fingerprint density at radius 2 is 1.56 bits per heavy atom. The highest BCUT2D eigenvalue weighted by molar-refractivity contribution is 6.43. The number of ether oxygens (including phenoxy) is 1. The van der Waals surface area contributed by atoms with Crippen molar-refractivity contribution >= 4 is 23.2 Å². The Morgan fingerprint density at radius 3 is 2.24 bits per heavy atom. The maximum absolute atomic E-state index is 6.20. The van der Waals surface area contributed by atoms with Crippen LogP contribution in [0.4, 0.5) is 0 Å². The van der Waals surface area contributed by atoms with E-state index in [9.17, 15) is 0 Å². The summed E-state index contributed by atoms with van der Waals surface area (Å²) in [7, 11) is 1.59. The molecule has 2 aromatic heterocycles. The van der Waals surface area contributed by atoms with E-state index in [0.29, 0.717) is 39.3 Å². The molecule has 1 aromatic carbocycles. The predicted octanol–water partition coefficient (Wildman–Crippen LogP) is 4.52. The Hall–Kier alpha value is -2.24. The minimum Gasteiger partial charge on any atom is -0.495 e.